The van der Waals surface area contributed by atoms with Gasteiger partial charge in [0.2, 0.25) is 5.91 Å². The number of urea groups is 1. The van der Waals surface area contributed by atoms with Gasteiger partial charge >= 0.3 is 6.03 Å². The van der Waals surface area contributed by atoms with Crippen LogP contribution in [-0.2, 0) is 4.79 Å². The SMILES string of the molecule is CCCN1CCC2(CCCN(C3CCN(C(=O)c4c(NC(N)=O)sc5ccccc45)CC3)C2)C1=O. The molecule has 4 amide bonds. The molecule has 0 aliphatic carbocycles. The normalized spacial score (nSPS) is 24.0. The molecule has 2 aromatic rings. The average molecular weight is 498 g/mol. The maximum Gasteiger partial charge on any atom is 0.317 e. The van der Waals surface area contributed by atoms with E-state index < -0.39 is 6.03 Å². The van der Waals surface area contributed by atoms with E-state index in [2.05, 4.69) is 22.0 Å². The summed E-state index contributed by atoms with van der Waals surface area (Å²) in [5.41, 5.74) is 5.71. The van der Waals surface area contributed by atoms with Crippen molar-refractivity contribution in [1.29, 1.82) is 0 Å². The lowest BCUT2D eigenvalue weighted by Crippen LogP contribution is -2.54. The standard InChI is InChI=1S/C26H35N5O3S/c1-2-12-30-16-11-26(24(30)33)10-5-13-31(17-26)18-8-14-29(15-9-18)23(32)21-19-6-3-4-7-20(19)35-22(21)28-25(27)34/h3-4,6-7,18H,2,5,8-17H2,1H3,(H3,27,28,34). The van der Waals surface area contributed by atoms with Crippen LogP contribution in [0, 0.1) is 5.41 Å². The second-order valence-corrected chi connectivity index (χ2v) is 11.3. The van der Waals surface area contributed by atoms with Gasteiger partial charge in [0.25, 0.3) is 5.91 Å². The van der Waals surface area contributed by atoms with Crippen LogP contribution in [0.25, 0.3) is 10.1 Å². The van der Waals surface area contributed by atoms with Crippen molar-refractivity contribution in [3.63, 3.8) is 0 Å². The highest BCUT2D eigenvalue weighted by molar-refractivity contribution is 7.23. The number of likely N-dealkylation sites (tertiary alicyclic amines) is 3. The van der Waals surface area contributed by atoms with Gasteiger partial charge in [0.05, 0.1) is 11.0 Å². The van der Waals surface area contributed by atoms with Crippen molar-refractivity contribution in [3.8, 4) is 0 Å². The molecule has 1 spiro atoms. The summed E-state index contributed by atoms with van der Waals surface area (Å²) >= 11 is 1.38. The van der Waals surface area contributed by atoms with Crippen LogP contribution in [0.4, 0.5) is 9.80 Å². The number of carbonyl (C=O) groups excluding carboxylic acids is 3. The van der Waals surface area contributed by atoms with Crippen LogP contribution < -0.4 is 11.1 Å². The third-order valence-electron chi connectivity index (χ3n) is 8.02. The Morgan fingerprint density at radius 2 is 1.91 bits per heavy atom. The summed E-state index contributed by atoms with van der Waals surface area (Å²) in [7, 11) is 0. The first-order chi connectivity index (χ1) is 16.9. The monoisotopic (exact) mass is 497 g/mol. The summed E-state index contributed by atoms with van der Waals surface area (Å²) in [6.07, 6.45) is 5.84. The minimum atomic E-state index is -0.665. The summed E-state index contributed by atoms with van der Waals surface area (Å²) < 4.78 is 0.950. The fourth-order valence-electron chi connectivity index (χ4n) is 6.28. The zero-order valence-corrected chi connectivity index (χ0v) is 21.2. The molecule has 3 aliphatic rings. The fraction of sp³-hybridized carbons (Fsp3) is 0.577. The largest absolute Gasteiger partial charge is 0.351 e. The van der Waals surface area contributed by atoms with Crippen molar-refractivity contribution in [2.75, 3.05) is 44.6 Å². The predicted molar refractivity (Wildman–Crippen MR) is 139 cm³/mol. The molecule has 9 heteroatoms. The number of thiophene rings is 1. The Morgan fingerprint density at radius 3 is 2.66 bits per heavy atom. The molecule has 1 aromatic heterocycles. The third-order valence-corrected chi connectivity index (χ3v) is 9.10. The molecule has 8 nitrogen and oxygen atoms in total. The second kappa shape index (κ2) is 9.78. The Labute approximate surface area is 210 Å². The average Bonchev–Trinajstić information content (AvgIpc) is 3.36. The van der Waals surface area contributed by atoms with Crippen molar-refractivity contribution in [2.24, 2.45) is 11.1 Å². The van der Waals surface area contributed by atoms with Gasteiger partial charge in [0, 0.05) is 48.9 Å². The van der Waals surface area contributed by atoms with Gasteiger partial charge in [-0.1, -0.05) is 25.1 Å². The molecular weight excluding hydrogens is 462 g/mol. The number of nitrogens with two attached hydrogens (primary N) is 1. The van der Waals surface area contributed by atoms with Gasteiger partial charge in [-0.2, -0.15) is 0 Å². The molecule has 1 aromatic carbocycles. The van der Waals surface area contributed by atoms with E-state index in [1.54, 1.807) is 0 Å². The molecule has 0 bridgehead atoms. The first kappa shape index (κ1) is 24.1. The third kappa shape index (κ3) is 4.51. The number of amides is 4. The summed E-state index contributed by atoms with van der Waals surface area (Å²) in [6, 6.07) is 7.44. The minimum absolute atomic E-state index is 0.0547. The molecule has 1 unspecified atom stereocenters. The Balaban J connectivity index is 1.26. The predicted octanol–water partition coefficient (Wildman–Crippen LogP) is 3.72. The summed E-state index contributed by atoms with van der Waals surface area (Å²) in [5, 5.41) is 4.02. The van der Waals surface area contributed by atoms with Crippen molar-refractivity contribution in [2.45, 2.75) is 51.5 Å². The van der Waals surface area contributed by atoms with Gasteiger partial charge in [-0.15, -0.1) is 11.3 Å². The molecule has 3 N–H and O–H groups in total. The molecule has 0 radical (unpaired) electrons. The van der Waals surface area contributed by atoms with Crippen LogP contribution in [0.5, 0.6) is 0 Å². The number of nitrogens with one attached hydrogen (secondary N) is 1. The Hall–Kier alpha value is -2.65. The number of hydrogen-bond donors (Lipinski definition) is 2. The second-order valence-electron chi connectivity index (χ2n) is 10.2. The lowest BCUT2D eigenvalue weighted by Gasteiger charge is -2.45. The van der Waals surface area contributed by atoms with E-state index in [1.807, 2.05) is 29.2 Å². The lowest BCUT2D eigenvalue weighted by molar-refractivity contribution is -0.139. The number of hydrogen-bond acceptors (Lipinski definition) is 5. The van der Waals surface area contributed by atoms with Crippen LogP contribution >= 0.6 is 11.3 Å². The molecule has 3 fully saturated rings. The van der Waals surface area contributed by atoms with Crippen molar-refractivity contribution >= 4 is 44.3 Å². The van der Waals surface area contributed by atoms with E-state index in [4.69, 9.17) is 5.73 Å². The van der Waals surface area contributed by atoms with Crippen molar-refractivity contribution in [3.05, 3.63) is 29.8 Å². The molecule has 0 saturated carbocycles. The van der Waals surface area contributed by atoms with Gasteiger partial charge in [-0.25, -0.2) is 4.79 Å². The van der Waals surface area contributed by atoms with E-state index >= 15 is 0 Å². The maximum absolute atomic E-state index is 13.6. The number of primary amides is 1. The van der Waals surface area contributed by atoms with E-state index in [0.717, 1.165) is 74.8 Å². The van der Waals surface area contributed by atoms with Gasteiger partial charge in [-0.3, -0.25) is 19.8 Å². The molecule has 1 atom stereocenters. The van der Waals surface area contributed by atoms with Crippen molar-refractivity contribution in [1.82, 2.24) is 14.7 Å². The zero-order valence-electron chi connectivity index (χ0n) is 20.4. The molecular formula is C26H35N5O3S. The number of piperidine rings is 2. The van der Waals surface area contributed by atoms with Gasteiger partial charge < -0.3 is 15.5 Å². The molecule has 35 heavy (non-hydrogen) atoms. The lowest BCUT2D eigenvalue weighted by atomic mass is 9.77. The molecule has 3 aliphatic heterocycles. The number of anilines is 1. The maximum atomic E-state index is 13.6. The Kier molecular flexibility index (Phi) is 6.72. The van der Waals surface area contributed by atoms with Crippen LogP contribution in [0.3, 0.4) is 0 Å². The van der Waals surface area contributed by atoms with Crippen LogP contribution in [-0.4, -0.2) is 77.9 Å². The molecule has 4 heterocycles. The van der Waals surface area contributed by atoms with Crippen LogP contribution in [0.2, 0.25) is 0 Å². The first-order valence-corrected chi connectivity index (χ1v) is 13.6. The molecule has 5 rings (SSSR count). The number of rotatable bonds is 5. The zero-order chi connectivity index (χ0) is 24.6. The summed E-state index contributed by atoms with van der Waals surface area (Å²) in [4.78, 5) is 44.8. The van der Waals surface area contributed by atoms with Gasteiger partial charge in [0.15, 0.2) is 0 Å². The number of benzene rings is 1. The quantitative estimate of drug-likeness (QED) is 0.658. The van der Waals surface area contributed by atoms with Crippen LogP contribution in [0.1, 0.15) is 55.8 Å². The highest BCUT2D eigenvalue weighted by Crippen LogP contribution is 2.42. The molecule has 3 saturated heterocycles. The van der Waals surface area contributed by atoms with E-state index in [-0.39, 0.29) is 11.3 Å². The Morgan fingerprint density at radius 1 is 1.14 bits per heavy atom. The fourth-order valence-corrected chi connectivity index (χ4v) is 7.38. The van der Waals surface area contributed by atoms with E-state index in [0.29, 0.717) is 35.6 Å². The topological polar surface area (TPSA) is 99.0 Å². The minimum Gasteiger partial charge on any atom is -0.351 e. The highest BCUT2D eigenvalue weighted by atomic mass is 32.1. The van der Waals surface area contributed by atoms with Gasteiger partial charge in [0.1, 0.15) is 5.00 Å². The summed E-state index contributed by atoms with van der Waals surface area (Å²) in [5.74, 6) is 0.302. The first-order valence-electron chi connectivity index (χ1n) is 12.8. The van der Waals surface area contributed by atoms with E-state index in [9.17, 15) is 14.4 Å². The number of carbonyl (C=O) groups is 3. The number of nitrogens with zero attached hydrogens (tertiary/aromatic N) is 3. The number of fused-ring (bicyclic) bond motifs is 1. The van der Waals surface area contributed by atoms with E-state index in [1.165, 1.54) is 11.3 Å². The smallest absolute Gasteiger partial charge is 0.317 e. The van der Waals surface area contributed by atoms with Gasteiger partial charge in [-0.05, 0) is 51.1 Å². The van der Waals surface area contributed by atoms with Crippen LogP contribution in [0.15, 0.2) is 24.3 Å². The van der Waals surface area contributed by atoms with Crippen molar-refractivity contribution < 1.29 is 14.4 Å². The Bertz CT molecular complexity index is 1130. The highest BCUT2D eigenvalue weighted by Gasteiger charge is 2.49. The molecule has 188 valence electrons. The summed E-state index contributed by atoms with van der Waals surface area (Å²) in [6.45, 7) is 7.11.